The summed E-state index contributed by atoms with van der Waals surface area (Å²) in [5.41, 5.74) is 2.47. The minimum absolute atomic E-state index is 0.385. The van der Waals surface area contributed by atoms with Gasteiger partial charge in [-0.15, -0.1) is 11.3 Å². The van der Waals surface area contributed by atoms with E-state index in [1.165, 1.54) is 16.1 Å². The van der Waals surface area contributed by atoms with Crippen molar-refractivity contribution in [2.75, 3.05) is 19.6 Å². The van der Waals surface area contributed by atoms with E-state index in [1.807, 2.05) is 48.5 Å². The van der Waals surface area contributed by atoms with E-state index in [2.05, 4.69) is 42.3 Å². The highest BCUT2D eigenvalue weighted by atomic mass is 32.1. The molecule has 1 fully saturated rings. The minimum atomic E-state index is 0.385. The van der Waals surface area contributed by atoms with Crippen LogP contribution in [0.2, 0.25) is 0 Å². The summed E-state index contributed by atoms with van der Waals surface area (Å²) in [6.07, 6.45) is 9.45. The van der Waals surface area contributed by atoms with Crippen LogP contribution in [-0.4, -0.2) is 39.1 Å². The van der Waals surface area contributed by atoms with Crippen LogP contribution in [0, 0.1) is 0 Å². The van der Waals surface area contributed by atoms with Gasteiger partial charge in [-0.1, -0.05) is 6.07 Å². The van der Waals surface area contributed by atoms with Crippen molar-refractivity contribution in [2.24, 2.45) is 0 Å². The van der Waals surface area contributed by atoms with Gasteiger partial charge < -0.3 is 9.88 Å². The Morgan fingerprint density at radius 3 is 3.13 bits per heavy atom. The lowest BCUT2D eigenvalue weighted by molar-refractivity contribution is 0.155. The monoisotopic (exact) mass is 325 g/mol. The molecule has 23 heavy (non-hydrogen) atoms. The minimum Gasteiger partial charge on any atom is -0.314 e. The van der Waals surface area contributed by atoms with Crippen molar-refractivity contribution < 1.29 is 0 Å². The van der Waals surface area contributed by atoms with Gasteiger partial charge in [-0.3, -0.25) is 9.88 Å². The summed E-state index contributed by atoms with van der Waals surface area (Å²) < 4.78 is 2.05. The number of hydrogen-bond donors (Lipinski definition) is 1. The van der Waals surface area contributed by atoms with Crippen LogP contribution < -0.4 is 5.32 Å². The fraction of sp³-hybridized carbons (Fsp3) is 0.294. The van der Waals surface area contributed by atoms with Crippen molar-refractivity contribution in [3.05, 3.63) is 65.1 Å². The van der Waals surface area contributed by atoms with Crippen molar-refractivity contribution in [3.63, 3.8) is 0 Å². The van der Waals surface area contributed by atoms with E-state index in [4.69, 9.17) is 0 Å². The zero-order valence-corrected chi connectivity index (χ0v) is 13.6. The summed E-state index contributed by atoms with van der Waals surface area (Å²) in [6.45, 7) is 4.04. The Morgan fingerprint density at radius 1 is 1.30 bits per heavy atom. The van der Waals surface area contributed by atoms with E-state index >= 15 is 0 Å². The molecule has 1 N–H and O–H groups in total. The van der Waals surface area contributed by atoms with Gasteiger partial charge in [0.25, 0.3) is 0 Å². The van der Waals surface area contributed by atoms with Gasteiger partial charge in [-0.25, -0.2) is 4.98 Å². The molecule has 1 aliphatic rings. The number of nitrogens with zero attached hydrogens (tertiary/aromatic N) is 4. The van der Waals surface area contributed by atoms with Crippen molar-refractivity contribution in [1.29, 1.82) is 0 Å². The summed E-state index contributed by atoms with van der Waals surface area (Å²) in [7, 11) is 0. The molecule has 1 saturated heterocycles. The molecule has 1 unspecified atom stereocenters. The van der Waals surface area contributed by atoms with Gasteiger partial charge in [-0.05, 0) is 17.7 Å². The highest BCUT2D eigenvalue weighted by Gasteiger charge is 2.24. The number of nitrogens with one attached hydrogen (secondary N) is 1. The SMILES string of the molecule is c1cncc(C2CNCCN2Cc2cc(-n3ccnc3)cs2)c1. The lowest BCUT2D eigenvalue weighted by Crippen LogP contribution is -2.45. The van der Waals surface area contributed by atoms with Crippen LogP contribution >= 0.6 is 11.3 Å². The molecule has 0 bridgehead atoms. The largest absolute Gasteiger partial charge is 0.314 e. The Bertz CT molecular complexity index is 737. The van der Waals surface area contributed by atoms with Gasteiger partial charge in [-0.2, -0.15) is 0 Å². The van der Waals surface area contributed by atoms with E-state index < -0.39 is 0 Å². The van der Waals surface area contributed by atoms with Crippen molar-refractivity contribution >= 4 is 11.3 Å². The Labute approximate surface area is 139 Å². The molecule has 0 radical (unpaired) electrons. The lowest BCUT2D eigenvalue weighted by Gasteiger charge is -2.36. The summed E-state index contributed by atoms with van der Waals surface area (Å²) in [5, 5.41) is 5.69. The van der Waals surface area contributed by atoms with Crippen LogP contribution in [0.25, 0.3) is 5.69 Å². The van der Waals surface area contributed by atoms with E-state index in [-0.39, 0.29) is 0 Å². The fourth-order valence-electron chi connectivity index (χ4n) is 3.04. The van der Waals surface area contributed by atoms with Gasteiger partial charge in [0.1, 0.15) is 0 Å². The molecule has 1 atom stereocenters. The number of pyridine rings is 1. The maximum Gasteiger partial charge on any atom is 0.0991 e. The normalized spacial score (nSPS) is 19.0. The predicted octanol–water partition coefficient (Wildman–Crippen LogP) is 2.48. The Kier molecular flexibility index (Phi) is 4.19. The Morgan fingerprint density at radius 2 is 2.30 bits per heavy atom. The summed E-state index contributed by atoms with van der Waals surface area (Å²) in [4.78, 5) is 12.3. The van der Waals surface area contributed by atoms with Crippen LogP contribution in [0.5, 0.6) is 0 Å². The smallest absolute Gasteiger partial charge is 0.0991 e. The first-order valence-electron chi connectivity index (χ1n) is 7.80. The molecule has 5 nitrogen and oxygen atoms in total. The molecule has 0 saturated carbocycles. The number of thiophene rings is 1. The number of hydrogen-bond acceptors (Lipinski definition) is 5. The molecule has 3 aromatic heterocycles. The first-order valence-corrected chi connectivity index (χ1v) is 8.68. The number of piperazine rings is 1. The third-order valence-corrected chi connectivity index (χ3v) is 5.13. The fourth-order valence-corrected chi connectivity index (χ4v) is 3.93. The molecule has 0 aliphatic carbocycles. The third-order valence-electron chi connectivity index (χ3n) is 4.22. The molecule has 0 spiro atoms. The average Bonchev–Trinajstić information content (AvgIpc) is 3.27. The van der Waals surface area contributed by atoms with Crippen LogP contribution in [0.1, 0.15) is 16.5 Å². The van der Waals surface area contributed by atoms with Gasteiger partial charge in [0.2, 0.25) is 0 Å². The van der Waals surface area contributed by atoms with Crippen molar-refractivity contribution in [3.8, 4) is 5.69 Å². The van der Waals surface area contributed by atoms with Gasteiger partial charge in [0.15, 0.2) is 0 Å². The van der Waals surface area contributed by atoms with Gasteiger partial charge in [0.05, 0.1) is 12.0 Å². The van der Waals surface area contributed by atoms with E-state index in [1.54, 1.807) is 0 Å². The predicted molar refractivity (Wildman–Crippen MR) is 91.7 cm³/mol. The summed E-state index contributed by atoms with van der Waals surface area (Å²) in [6, 6.07) is 6.83. The second-order valence-corrected chi connectivity index (χ2v) is 6.71. The first kappa shape index (κ1) is 14.6. The second kappa shape index (κ2) is 6.62. The average molecular weight is 325 g/mol. The van der Waals surface area contributed by atoms with Crippen LogP contribution in [0.4, 0.5) is 0 Å². The van der Waals surface area contributed by atoms with Gasteiger partial charge in [0, 0.05) is 67.3 Å². The van der Waals surface area contributed by atoms with E-state index in [9.17, 15) is 0 Å². The topological polar surface area (TPSA) is 46.0 Å². The van der Waals surface area contributed by atoms with Crippen molar-refractivity contribution in [1.82, 2.24) is 24.8 Å². The lowest BCUT2D eigenvalue weighted by atomic mass is 10.1. The maximum atomic E-state index is 4.28. The zero-order valence-electron chi connectivity index (χ0n) is 12.8. The standard InChI is InChI=1S/C17H19N5S/c1-2-14(9-18-3-1)17-10-19-4-6-21(17)11-16-8-15(12-23-16)22-7-5-20-13-22/h1-3,5,7-9,12-13,17,19H,4,6,10-11H2. The van der Waals surface area contributed by atoms with Crippen molar-refractivity contribution in [2.45, 2.75) is 12.6 Å². The first-order chi connectivity index (χ1) is 11.4. The molecule has 118 valence electrons. The maximum absolute atomic E-state index is 4.28. The molecule has 4 rings (SSSR count). The number of imidazole rings is 1. The molecular formula is C17H19N5S. The molecule has 4 heterocycles. The molecule has 1 aliphatic heterocycles. The molecule has 0 aromatic carbocycles. The highest BCUT2D eigenvalue weighted by Crippen LogP contribution is 2.26. The zero-order chi connectivity index (χ0) is 15.5. The summed E-state index contributed by atoms with van der Waals surface area (Å²) >= 11 is 1.81. The van der Waals surface area contributed by atoms with E-state index in [0.29, 0.717) is 6.04 Å². The van der Waals surface area contributed by atoms with Crippen LogP contribution in [-0.2, 0) is 6.54 Å². The number of aromatic nitrogens is 3. The second-order valence-electron chi connectivity index (χ2n) is 5.72. The molecule has 6 heteroatoms. The van der Waals surface area contributed by atoms with Crippen LogP contribution in [0.3, 0.4) is 0 Å². The van der Waals surface area contributed by atoms with Gasteiger partial charge >= 0.3 is 0 Å². The molecule has 3 aromatic rings. The van der Waals surface area contributed by atoms with E-state index in [0.717, 1.165) is 26.2 Å². The quantitative estimate of drug-likeness (QED) is 0.800. The summed E-state index contributed by atoms with van der Waals surface area (Å²) in [5.74, 6) is 0. The van der Waals surface area contributed by atoms with Crippen LogP contribution in [0.15, 0.2) is 54.7 Å². The number of rotatable bonds is 4. The molecular weight excluding hydrogens is 306 g/mol. The Hall–Kier alpha value is -2.02. The third kappa shape index (κ3) is 3.19. The Balaban J connectivity index is 1.52. The molecule has 0 amide bonds. The highest BCUT2D eigenvalue weighted by molar-refractivity contribution is 7.10.